The smallest absolute Gasteiger partial charge is 0.268 e. The Morgan fingerprint density at radius 2 is 1.92 bits per heavy atom. The van der Waals surface area contributed by atoms with Gasteiger partial charge in [0, 0.05) is 31.1 Å². The molecule has 0 aliphatic rings. The Hall–Kier alpha value is -2.09. The third-order valence-electron chi connectivity index (χ3n) is 3.80. The van der Waals surface area contributed by atoms with Crippen molar-refractivity contribution in [2.75, 3.05) is 6.61 Å². The second-order valence-electron chi connectivity index (χ2n) is 5.73. The first kappa shape index (κ1) is 17.7. The number of hydrogen-bond donors (Lipinski definition) is 1. The number of halogens is 1. The van der Waals surface area contributed by atoms with Crippen LogP contribution < -0.4 is 0 Å². The fraction of sp³-hybridized carbons (Fsp3) is 0.235. The second-order valence-corrected chi connectivity index (χ2v) is 7.98. The van der Waals surface area contributed by atoms with Crippen LogP contribution in [0.25, 0.3) is 11.3 Å². The number of aromatic nitrogens is 3. The van der Waals surface area contributed by atoms with Crippen molar-refractivity contribution in [1.82, 2.24) is 13.8 Å². The lowest BCUT2D eigenvalue weighted by atomic mass is 10.2. The first-order valence-electron chi connectivity index (χ1n) is 7.75. The van der Waals surface area contributed by atoms with Gasteiger partial charge in [0.1, 0.15) is 0 Å². The summed E-state index contributed by atoms with van der Waals surface area (Å²) in [4.78, 5) is 0.194. The number of benzene rings is 1. The molecule has 25 heavy (non-hydrogen) atoms. The van der Waals surface area contributed by atoms with Gasteiger partial charge in [-0.1, -0.05) is 29.3 Å². The number of rotatable bonds is 6. The minimum Gasteiger partial charge on any atom is -0.396 e. The minimum atomic E-state index is -3.77. The Labute approximate surface area is 151 Å². The maximum atomic E-state index is 13.0. The average molecular weight is 380 g/mol. The van der Waals surface area contributed by atoms with Crippen molar-refractivity contribution in [2.45, 2.75) is 24.8 Å². The third kappa shape index (κ3) is 3.63. The molecule has 0 aliphatic heterocycles. The van der Waals surface area contributed by atoms with Crippen LogP contribution >= 0.6 is 11.6 Å². The molecule has 0 bridgehead atoms. The largest absolute Gasteiger partial charge is 0.396 e. The van der Waals surface area contributed by atoms with Gasteiger partial charge in [0.05, 0.1) is 21.8 Å². The van der Waals surface area contributed by atoms with Crippen molar-refractivity contribution >= 4 is 21.6 Å². The number of hydrogen-bond acceptors (Lipinski definition) is 4. The summed E-state index contributed by atoms with van der Waals surface area (Å²) < 4.78 is 28.8. The molecule has 0 spiro atoms. The van der Waals surface area contributed by atoms with Gasteiger partial charge in [-0.25, -0.2) is 12.4 Å². The molecule has 8 heteroatoms. The Balaban J connectivity index is 2.03. The zero-order valence-corrected chi connectivity index (χ0v) is 15.2. The van der Waals surface area contributed by atoms with Gasteiger partial charge in [-0.2, -0.15) is 5.10 Å². The van der Waals surface area contributed by atoms with Gasteiger partial charge in [-0.15, -0.1) is 0 Å². The molecule has 3 aromatic rings. The van der Waals surface area contributed by atoms with E-state index >= 15 is 0 Å². The molecule has 0 unspecified atom stereocenters. The van der Waals surface area contributed by atoms with E-state index in [0.717, 1.165) is 5.56 Å². The number of aryl methyl sites for hydroxylation is 2. The predicted octanol–water partition coefficient (Wildman–Crippen LogP) is 2.93. The highest BCUT2D eigenvalue weighted by Crippen LogP contribution is 2.29. The number of nitrogens with zero attached hydrogens (tertiary/aromatic N) is 3. The average Bonchev–Trinajstić information content (AvgIpc) is 3.20. The molecule has 0 saturated heterocycles. The van der Waals surface area contributed by atoms with E-state index in [9.17, 15) is 8.42 Å². The van der Waals surface area contributed by atoms with Crippen LogP contribution in [0.15, 0.2) is 53.8 Å². The molecular weight excluding hydrogens is 362 g/mol. The van der Waals surface area contributed by atoms with E-state index in [0.29, 0.717) is 29.2 Å². The Morgan fingerprint density at radius 3 is 2.60 bits per heavy atom. The van der Waals surface area contributed by atoms with Crippen LogP contribution in [-0.2, 0) is 16.6 Å². The summed E-state index contributed by atoms with van der Waals surface area (Å²) in [7, 11) is -3.77. The molecule has 0 aliphatic carbocycles. The topological polar surface area (TPSA) is 77.1 Å². The second kappa shape index (κ2) is 7.03. The van der Waals surface area contributed by atoms with E-state index in [1.807, 2.05) is 6.92 Å². The van der Waals surface area contributed by atoms with Crippen LogP contribution in [0, 0.1) is 6.92 Å². The highest BCUT2D eigenvalue weighted by Gasteiger charge is 2.22. The molecule has 0 radical (unpaired) electrons. The highest BCUT2D eigenvalue weighted by molar-refractivity contribution is 7.90. The van der Waals surface area contributed by atoms with Crippen molar-refractivity contribution in [3.63, 3.8) is 0 Å². The van der Waals surface area contributed by atoms with Gasteiger partial charge in [-0.3, -0.25) is 4.68 Å². The van der Waals surface area contributed by atoms with Crippen molar-refractivity contribution in [2.24, 2.45) is 0 Å². The van der Waals surface area contributed by atoms with E-state index in [2.05, 4.69) is 5.10 Å². The standard InChI is InChI=1S/C17H18ClN3O3S/c1-13-3-5-16(6-4-13)25(23,24)21-12-15(18)9-17(21)14-10-19-20(11-14)7-2-8-22/h3-6,9-12,22H,2,7-8H2,1H3. The summed E-state index contributed by atoms with van der Waals surface area (Å²) in [5.74, 6) is 0. The molecule has 132 valence electrons. The van der Waals surface area contributed by atoms with Gasteiger partial charge in [0.15, 0.2) is 0 Å². The molecule has 6 nitrogen and oxygen atoms in total. The molecule has 1 N–H and O–H groups in total. The van der Waals surface area contributed by atoms with Crippen molar-refractivity contribution in [3.8, 4) is 11.3 Å². The number of aliphatic hydroxyl groups is 1. The summed E-state index contributed by atoms with van der Waals surface area (Å²) >= 11 is 6.08. The zero-order chi connectivity index (χ0) is 18.0. The lowest BCUT2D eigenvalue weighted by Crippen LogP contribution is -2.13. The van der Waals surface area contributed by atoms with E-state index < -0.39 is 10.0 Å². The maximum Gasteiger partial charge on any atom is 0.268 e. The molecule has 0 fully saturated rings. The van der Waals surface area contributed by atoms with Crippen LogP contribution in [-0.4, -0.2) is 33.9 Å². The van der Waals surface area contributed by atoms with E-state index in [1.165, 1.54) is 10.2 Å². The molecule has 1 aromatic carbocycles. The van der Waals surface area contributed by atoms with Gasteiger partial charge in [0.2, 0.25) is 0 Å². The summed E-state index contributed by atoms with van der Waals surface area (Å²) in [6.45, 7) is 2.52. The van der Waals surface area contributed by atoms with Crippen LogP contribution in [0.3, 0.4) is 0 Å². The van der Waals surface area contributed by atoms with Crippen LogP contribution in [0.4, 0.5) is 0 Å². The molecular formula is C17H18ClN3O3S. The summed E-state index contributed by atoms with van der Waals surface area (Å²) in [5, 5.41) is 13.4. The molecule has 0 atom stereocenters. The highest BCUT2D eigenvalue weighted by atomic mass is 35.5. The molecule has 0 amide bonds. The van der Waals surface area contributed by atoms with E-state index in [-0.39, 0.29) is 11.5 Å². The lowest BCUT2D eigenvalue weighted by Gasteiger charge is -2.09. The summed E-state index contributed by atoms with van der Waals surface area (Å²) in [5.41, 5.74) is 2.07. The quantitative estimate of drug-likeness (QED) is 0.714. The van der Waals surface area contributed by atoms with Gasteiger partial charge >= 0.3 is 0 Å². The first-order chi connectivity index (χ1) is 11.9. The summed E-state index contributed by atoms with van der Waals surface area (Å²) in [6, 6.07) is 8.26. The van der Waals surface area contributed by atoms with Gasteiger partial charge in [-0.05, 0) is 31.5 Å². The summed E-state index contributed by atoms with van der Waals surface area (Å²) in [6.07, 6.45) is 5.29. The predicted molar refractivity (Wildman–Crippen MR) is 96.1 cm³/mol. The van der Waals surface area contributed by atoms with Crippen LogP contribution in [0.1, 0.15) is 12.0 Å². The van der Waals surface area contributed by atoms with Crippen molar-refractivity contribution < 1.29 is 13.5 Å². The zero-order valence-electron chi connectivity index (χ0n) is 13.6. The first-order valence-corrected chi connectivity index (χ1v) is 9.57. The van der Waals surface area contributed by atoms with Gasteiger partial charge in [0.25, 0.3) is 10.0 Å². The molecule has 2 heterocycles. The Kier molecular flexibility index (Phi) is 4.99. The lowest BCUT2D eigenvalue weighted by molar-refractivity contribution is 0.277. The van der Waals surface area contributed by atoms with Crippen LogP contribution in [0.2, 0.25) is 5.02 Å². The fourth-order valence-corrected chi connectivity index (χ4v) is 4.13. The molecule has 3 rings (SSSR count). The molecule has 2 aromatic heterocycles. The maximum absolute atomic E-state index is 13.0. The van der Waals surface area contributed by atoms with E-state index in [1.54, 1.807) is 47.4 Å². The SMILES string of the molecule is Cc1ccc(S(=O)(=O)n2cc(Cl)cc2-c2cnn(CCCO)c2)cc1. The Morgan fingerprint density at radius 1 is 1.20 bits per heavy atom. The third-order valence-corrected chi connectivity index (χ3v) is 5.70. The molecule has 0 saturated carbocycles. The van der Waals surface area contributed by atoms with Crippen LogP contribution in [0.5, 0.6) is 0 Å². The fourth-order valence-electron chi connectivity index (χ4n) is 2.50. The van der Waals surface area contributed by atoms with Crippen molar-refractivity contribution in [3.05, 3.63) is 59.5 Å². The minimum absolute atomic E-state index is 0.0687. The monoisotopic (exact) mass is 379 g/mol. The number of aliphatic hydroxyl groups excluding tert-OH is 1. The normalized spacial score (nSPS) is 11.8. The van der Waals surface area contributed by atoms with E-state index in [4.69, 9.17) is 16.7 Å². The van der Waals surface area contributed by atoms with Crippen molar-refractivity contribution in [1.29, 1.82) is 0 Å². The Bertz CT molecular complexity index is 975. The van der Waals surface area contributed by atoms with Gasteiger partial charge < -0.3 is 5.11 Å².